The zero-order valence-corrected chi connectivity index (χ0v) is 5.78. The molecule has 23 valence electrons. The molecule has 3 heteroatoms. The zero-order valence-electron chi connectivity index (χ0n) is 2.78. The third kappa shape index (κ3) is 4.65. The van der Waals surface area contributed by atoms with Crippen LogP contribution in [-0.4, -0.2) is 30.7 Å². The van der Waals surface area contributed by atoms with Gasteiger partial charge in [0.2, 0.25) is 0 Å². The highest BCUT2D eigenvalue weighted by atomic mass is 28.2. The molecule has 0 amide bonds. The maximum Gasteiger partial charge on any atom is 0.0218 e. The van der Waals surface area contributed by atoms with E-state index in [2.05, 4.69) is 30.7 Å². The Hall–Kier alpha value is 0.651. The van der Waals surface area contributed by atoms with Gasteiger partial charge in [0.25, 0.3) is 0 Å². The van der Waals surface area contributed by atoms with Gasteiger partial charge < -0.3 is 0 Å². The fourth-order valence-electron chi connectivity index (χ4n) is 0. The molecule has 0 saturated heterocycles. The van der Waals surface area contributed by atoms with E-state index in [0.29, 0.717) is 5.16 Å². The largest absolute Gasteiger partial charge is 0.0669 e. The van der Waals surface area contributed by atoms with Crippen LogP contribution in [0.4, 0.5) is 0 Å². The van der Waals surface area contributed by atoms with Gasteiger partial charge in [0.15, 0.2) is 0 Å². The summed E-state index contributed by atoms with van der Waals surface area (Å²) in [6.07, 6.45) is 0. The molecule has 0 aliphatic heterocycles. The lowest BCUT2D eigenvalue weighted by Gasteiger charge is -1.89. The summed E-state index contributed by atoms with van der Waals surface area (Å²) in [4.78, 5) is 0. The van der Waals surface area contributed by atoms with Crippen LogP contribution in [0.3, 0.4) is 0 Å². The molecule has 0 fully saturated rings. The molecular weight excluding hydrogens is 108 g/mol. The van der Waals surface area contributed by atoms with Crippen molar-refractivity contribution in [2.75, 3.05) is 0 Å². The van der Waals surface area contributed by atoms with Crippen molar-refractivity contribution >= 4 is 30.7 Å². The molecule has 0 atom stereocenters. The summed E-state index contributed by atoms with van der Waals surface area (Å²) >= 11 is 0. The van der Waals surface area contributed by atoms with Crippen LogP contribution in [0.1, 0.15) is 0 Å². The molecule has 0 aliphatic carbocycles. The quantitative estimate of drug-likeness (QED) is 0.406. The van der Waals surface area contributed by atoms with Crippen LogP contribution in [0, 0.1) is 0 Å². The molecule has 0 saturated carbocycles. The van der Waals surface area contributed by atoms with Gasteiger partial charge in [0.05, 0.1) is 0 Å². The van der Waals surface area contributed by atoms with Crippen molar-refractivity contribution in [3.8, 4) is 0 Å². The van der Waals surface area contributed by atoms with E-state index in [0.717, 1.165) is 6.04 Å². The third-order valence-electron chi connectivity index (χ3n) is 0.204. The van der Waals surface area contributed by atoms with E-state index in [-0.39, 0.29) is 0 Å². The molecule has 5 heavy (non-hydrogen) atoms. The number of rotatable bonds is 1. The molecule has 0 nitrogen and oxygen atoms in total. The SMILES string of the molecule is [Si]CC([Si])[Si]. The van der Waals surface area contributed by atoms with E-state index >= 15 is 0 Å². The number of hydrogen-bond acceptors (Lipinski definition) is 0. The van der Waals surface area contributed by atoms with Crippen molar-refractivity contribution in [1.29, 1.82) is 0 Å². The Morgan fingerprint density at radius 2 is 1.60 bits per heavy atom. The van der Waals surface area contributed by atoms with Gasteiger partial charge in [-0.1, -0.05) is 11.2 Å². The van der Waals surface area contributed by atoms with Gasteiger partial charge in [-0.05, 0) is 0 Å². The highest BCUT2D eigenvalue weighted by molar-refractivity contribution is 6.38. The van der Waals surface area contributed by atoms with Crippen LogP contribution in [0.5, 0.6) is 0 Å². The van der Waals surface area contributed by atoms with E-state index in [4.69, 9.17) is 0 Å². The van der Waals surface area contributed by atoms with Gasteiger partial charge in [-0.3, -0.25) is 0 Å². The second kappa shape index (κ2) is 2.87. The molecule has 0 aromatic rings. The second-order valence-corrected chi connectivity index (χ2v) is 3.14. The van der Waals surface area contributed by atoms with Gasteiger partial charge in [-0.2, -0.15) is 0 Å². The van der Waals surface area contributed by atoms with Crippen molar-refractivity contribution in [2.45, 2.75) is 11.2 Å². The van der Waals surface area contributed by atoms with Crippen molar-refractivity contribution in [2.24, 2.45) is 0 Å². The molecule has 0 bridgehead atoms. The lowest BCUT2D eigenvalue weighted by molar-refractivity contribution is 1.35. The minimum atomic E-state index is 0.409. The first-order valence-corrected chi connectivity index (χ1v) is 3.20. The van der Waals surface area contributed by atoms with Gasteiger partial charge in [-0.25, -0.2) is 0 Å². The lowest BCUT2D eigenvalue weighted by Crippen LogP contribution is -1.86. The standard InChI is InChI=1S/C2H3Si3/c3-1-2(4)5/h2H,1H2. The van der Waals surface area contributed by atoms with Crippen molar-refractivity contribution in [1.82, 2.24) is 0 Å². The Kier molecular flexibility index (Phi) is 3.24. The molecule has 0 aliphatic rings. The summed E-state index contributed by atoms with van der Waals surface area (Å²) in [5.74, 6) is 0. The predicted octanol–water partition coefficient (Wildman–Crippen LogP) is -0.344. The van der Waals surface area contributed by atoms with Gasteiger partial charge >= 0.3 is 0 Å². The maximum absolute atomic E-state index is 3.28. The maximum atomic E-state index is 3.28. The Bertz CT molecular complexity index is 18.9. The van der Waals surface area contributed by atoms with E-state index < -0.39 is 0 Å². The molecule has 9 radical (unpaired) electrons. The monoisotopic (exact) mass is 111 g/mol. The van der Waals surface area contributed by atoms with Crippen LogP contribution in [-0.2, 0) is 0 Å². The Balaban J connectivity index is 2.54. The molecule has 0 spiro atoms. The van der Waals surface area contributed by atoms with E-state index in [1.165, 1.54) is 0 Å². The van der Waals surface area contributed by atoms with Crippen LogP contribution in [0.2, 0.25) is 11.2 Å². The average Bonchev–Trinajstić information content (AvgIpc) is 1.38. The van der Waals surface area contributed by atoms with Gasteiger partial charge in [0, 0.05) is 30.7 Å². The fourth-order valence-corrected chi connectivity index (χ4v) is 0. The number of hydrogen-bond donors (Lipinski definition) is 0. The summed E-state index contributed by atoms with van der Waals surface area (Å²) in [6.45, 7) is 0. The smallest absolute Gasteiger partial charge is 0.0218 e. The molecule has 0 heterocycles. The van der Waals surface area contributed by atoms with Gasteiger partial charge in [-0.15, -0.1) is 0 Å². The van der Waals surface area contributed by atoms with Crippen LogP contribution in [0.25, 0.3) is 0 Å². The summed E-state index contributed by atoms with van der Waals surface area (Å²) in [5, 5.41) is 0.409. The normalized spacial score (nSPS) is 9.60. The predicted molar refractivity (Wildman–Crippen MR) is 25.8 cm³/mol. The first kappa shape index (κ1) is 5.65. The summed E-state index contributed by atoms with van der Waals surface area (Å²) < 4.78 is 0. The molecule has 0 N–H and O–H groups in total. The summed E-state index contributed by atoms with van der Waals surface area (Å²) in [6, 6.07) is 0.938. The van der Waals surface area contributed by atoms with E-state index in [9.17, 15) is 0 Å². The second-order valence-electron chi connectivity index (χ2n) is 0.757. The first-order valence-electron chi connectivity index (χ1n) is 1.34. The van der Waals surface area contributed by atoms with Crippen LogP contribution < -0.4 is 0 Å². The van der Waals surface area contributed by atoms with Crippen LogP contribution >= 0.6 is 0 Å². The molecule has 0 unspecified atom stereocenters. The zero-order chi connectivity index (χ0) is 4.28. The molecule has 0 rings (SSSR count). The fraction of sp³-hybridized carbons (Fsp3) is 1.00. The third-order valence-corrected chi connectivity index (χ3v) is 1.84. The van der Waals surface area contributed by atoms with E-state index in [1.54, 1.807) is 0 Å². The minimum Gasteiger partial charge on any atom is -0.0669 e. The summed E-state index contributed by atoms with van der Waals surface area (Å²) in [7, 11) is 9.82. The Morgan fingerprint density at radius 3 is 1.60 bits per heavy atom. The molecular formula is C2H3Si3. The Morgan fingerprint density at radius 1 is 1.40 bits per heavy atom. The highest BCUT2D eigenvalue weighted by Gasteiger charge is 1.81. The lowest BCUT2D eigenvalue weighted by atomic mass is 10.9. The Labute approximate surface area is 42.6 Å². The van der Waals surface area contributed by atoms with Crippen molar-refractivity contribution < 1.29 is 0 Å². The summed E-state index contributed by atoms with van der Waals surface area (Å²) in [5.41, 5.74) is 0. The first-order chi connectivity index (χ1) is 2.27. The minimum absolute atomic E-state index is 0.409. The molecule has 0 aromatic carbocycles. The van der Waals surface area contributed by atoms with Crippen molar-refractivity contribution in [3.05, 3.63) is 0 Å². The highest BCUT2D eigenvalue weighted by Crippen LogP contribution is 1.90. The molecule has 0 aromatic heterocycles. The van der Waals surface area contributed by atoms with Crippen LogP contribution in [0.15, 0.2) is 0 Å². The van der Waals surface area contributed by atoms with Gasteiger partial charge in [0.1, 0.15) is 0 Å². The van der Waals surface area contributed by atoms with Crippen molar-refractivity contribution in [3.63, 3.8) is 0 Å². The average molecular weight is 111 g/mol. The van der Waals surface area contributed by atoms with E-state index in [1.807, 2.05) is 0 Å². The topological polar surface area (TPSA) is 0 Å².